The summed E-state index contributed by atoms with van der Waals surface area (Å²) in [6.45, 7) is 2.18. The van der Waals surface area contributed by atoms with E-state index in [1.807, 2.05) is 18.2 Å². The second kappa shape index (κ2) is 8.17. The van der Waals surface area contributed by atoms with Crippen molar-refractivity contribution in [1.82, 2.24) is 4.90 Å². The van der Waals surface area contributed by atoms with Gasteiger partial charge in [-0.25, -0.2) is 4.39 Å². The molecule has 3 rings (SSSR count). The number of carbonyl (C=O) groups is 1. The van der Waals surface area contributed by atoms with Gasteiger partial charge in [-0.2, -0.15) is 0 Å². The maximum absolute atomic E-state index is 13.0. The molecule has 3 nitrogen and oxygen atoms in total. The number of anilines is 1. The van der Waals surface area contributed by atoms with E-state index < -0.39 is 0 Å². The van der Waals surface area contributed by atoms with E-state index in [2.05, 4.69) is 10.2 Å². The summed E-state index contributed by atoms with van der Waals surface area (Å²) in [5, 5.41) is 4.15. The number of hydrogen-bond donors (Lipinski definition) is 1. The predicted molar refractivity (Wildman–Crippen MR) is 99.5 cm³/mol. The van der Waals surface area contributed by atoms with Gasteiger partial charge in [0.1, 0.15) is 5.82 Å². The third-order valence-electron chi connectivity index (χ3n) is 4.43. The molecule has 0 aromatic heterocycles. The average molecular weight is 381 g/mol. The molecule has 1 amide bonds. The van der Waals surface area contributed by atoms with Crippen molar-refractivity contribution in [2.45, 2.75) is 19.4 Å². The molecule has 1 aliphatic heterocycles. The Morgan fingerprint density at radius 1 is 1.16 bits per heavy atom. The molecule has 0 bridgehead atoms. The van der Waals surface area contributed by atoms with Crippen molar-refractivity contribution in [2.75, 3.05) is 18.4 Å². The molecule has 132 valence electrons. The summed E-state index contributed by atoms with van der Waals surface area (Å²) in [5.74, 6) is -0.472. The molecule has 1 saturated heterocycles. The van der Waals surface area contributed by atoms with Crippen LogP contribution in [0.1, 0.15) is 18.4 Å². The number of nitrogens with zero attached hydrogens (tertiary/aromatic N) is 1. The van der Waals surface area contributed by atoms with Gasteiger partial charge in [-0.1, -0.05) is 29.3 Å². The minimum Gasteiger partial charge on any atom is -0.326 e. The fourth-order valence-corrected chi connectivity index (χ4v) is 3.61. The summed E-state index contributed by atoms with van der Waals surface area (Å²) in [4.78, 5) is 14.7. The Balaban J connectivity index is 1.62. The highest BCUT2D eigenvalue weighted by atomic mass is 35.5. The SMILES string of the molecule is O=C(Nc1ccc(F)cc1)[C@H]1CCCN(Cc2c(Cl)cccc2Cl)C1. The molecule has 25 heavy (non-hydrogen) atoms. The minimum atomic E-state index is -0.321. The molecular weight excluding hydrogens is 362 g/mol. The number of amides is 1. The number of benzene rings is 2. The van der Waals surface area contributed by atoms with Gasteiger partial charge in [0.05, 0.1) is 5.92 Å². The molecule has 6 heteroatoms. The van der Waals surface area contributed by atoms with Crippen molar-refractivity contribution >= 4 is 34.8 Å². The lowest BCUT2D eigenvalue weighted by molar-refractivity contribution is -0.121. The van der Waals surface area contributed by atoms with Crippen LogP contribution in [0.25, 0.3) is 0 Å². The Morgan fingerprint density at radius 2 is 1.84 bits per heavy atom. The first kappa shape index (κ1) is 18.2. The van der Waals surface area contributed by atoms with Crippen LogP contribution in [0.15, 0.2) is 42.5 Å². The zero-order valence-corrected chi connectivity index (χ0v) is 15.2. The van der Waals surface area contributed by atoms with Gasteiger partial charge in [-0.3, -0.25) is 9.69 Å². The summed E-state index contributed by atoms with van der Waals surface area (Å²) in [6, 6.07) is 11.3. The van der Waals surface area contributed by atoms with Crippen LogP contribution < -0.4 is 5.32 Å². The maximum atomic E-state index is 13.0. The number of halogens is 3. The predicted octanol–water partition coefficient (Wildman–Crippen LogP) is 4.98. The quantitative estimate of drug-likeness (QED) is 0.810. The van der Waals surface area contributed by atoms with Crippen LogP contribution in [-0.2, 0) is 11.3 Å². The van der Waals surface area contributed by atoms with Gasteiger partial charge < -0.3 is 5.32 Å². The van der Waals surface area contributed by atoms with Gasteiger partial charge >= 0.3 is 0 Å². The number of piperidine rings is 1. The molecule has 0 unspecified atom stereocenters. The van der Waals surface area contributed by atoms with Crippen molar-refractivity contribution in [2.24, 2.45) is 5.92 Å². The van der Waals surface area contributed by atoms with Crippen LogP contribution in [0.3, 0.4) is 0 Å². The van der Waals surface area contributed by atoms with Crippen LogP contribution >= 0.6 is 23.2 Å². The maximum Gasteiger partial charge on any atom is 0.228 e. The van der Waals surface area contributed by atoms with Crippen LogP contribution in [-0.4, -0.2) is 23.9 Å². The van der Waals surface area contributed by atoms with E-state index in [1.54, 1.807) is 12.1 Å². The minimum absolute atomic E-state index is 0.0402. The van der Waals surface area contributed by atoms with Crippen LogP contribution in [0.5, 0.6) is 0 Å². The second-order valence-corrected chi connectivity index (χ2v) is 7.09. The Kier molecular flexibility index (Phi) is 5.94. The Bertz CT molecular complexity index is 731. The molecule has 2 aromatic carbocycles. The zero-order chi connectivity index (χ0) is 17.8. The monoisotopic (exact) mass is 380 g/mol. The highest BCUT2D eigenvalue weighted by molar-refractivity contribution is 6.35. The average Bonchev–Trinajstić information content (AvgIpc) is 2.60. The molecule has 1 N–H and O–H groups in total. The number of hydrogen-bond acceptors (Lipinski definition) is 2. The van der Waals surface area contributed by atoms with E-state index in [0.717, 1.165) is 24.9 Å². The molecule has 1 atom stereocenters. The molecule has 1 heterocycles. The summed E-state index contributed by atoms with van der Waals surface area (Å²) >= 11 is 12.5. The molecule has 0 radical (unpaired) electrons. The third-order valence-corrected chi connectivity index (χ3v) is 5.14. The fraction of sp³-hybridized carbons (Fsp3) is 0.316. The molecule has 0 aliphatic carbocycles. The molecule has 2 aromatic rings. The molecule has 1 aliphatic rings. The van der Waals surface area contributed by atoms with Gasteiger partial charge in [0, 0.05) is 34.4 Å². The van der Waals surface area contributed by atoms with E-state index >= 15 is 0 Å². The van der Waals surface area contributed by atoms with Gasteiger partial charge in [0.2, 0.25) is 5.91 Å². The summed E-state index contributed by atoms with van der Waals surface area (Å²) in [7, 11) is 0. The Morgan fingerprint density at radius 3 is 2.52 bits per heavy atom. The second-order valence-electron chi connectivity index (χ2n) is 6.27. The lowest BCUT2D eigenvalue weighted by atomic mass is 9.96. The first-order valence-electron chi connectivity index (χ1n) is 8.24. The van der Waals surface area contributed by atoms with Crippen molar-refractivity contribution in [3.05, 3.63) is 63.9 Å². The van der Waals surface area contributed by atoms with Crippen molar-refractivity contribution < 1.29 is 9.18 Å². The lowest BCUT2D eigenvalue weighted by Gasteiger charge is -2.32. The van der Waals surface area contributed by atoms with Crippen molar-refractivity contribution in [3.8, 4) is 0 Å². The van der Waals surface area contributed by atoms with E-state index in [1.165, 1.54) is 12.1 Å². The Labute approximate surface area is 156 Å². The van der Waals surface area contributed by atoms with Gasteiger partial charge in [-0.05, 0) is 55.8 Å². The van der Waals surface area contributed by atoms with E-state index in [9.17, 15) is 9.18 Å². The zero-order valence-electron chi connectivity index (χ0n) is 13.6. The van der Waals surface area contributed by atoms with E-state index in [0.29, 0.717) is 28.8 Å². The molecule has 0 saturated carbocycles. The van der Waals surface area contributed by atoms with Crippen LogP contribution in [0.2, 0.25) is 10.0 Å². The summed E-state index contributed by atoms with van der Waals surface area (Å²) < 4.78 is 13.0. The highest BCUT2D eigenvalue weighted by Crippen LogP contribution is 2.28. The summed E-state index contributed by atoms with van der Waals surface area (Å²) in [5.41, 5.74) is 1.50. The van der Waals surface area contributed by atoms with Crippen LogP contribution in [0, 0.1) is 11.7 Å². The Hall–Kier alpha value is -1.62. The van der Waals surface area contributed by atoms with Crippen LogP contribution in [0.4, 0.5) is 10.1 Å². The lowest BCUT2D eigenvalue weighted by Crippen LogP contribution is -2.40. The van der Waals surface area contributed by atoms with Gasteiger partial charge in [0.15, 0.2) is 0 Å². The number of likely N-dealkylation sites (tertiary alicyclic amines) is 1. The van der Waals surface area contributed by atoms with Gasteiger partial charge in [-0.15, -0.1) is 0 Å². The largest absolute Gasteiger partial charge is 0.326 e. The first-order valence-corrected chi connectivity index (χ1v) is 9.00. The number of carbonyl (C=O) groups excluding carboxylic acids is 1. The first-order chi connectivity index (χ1) is 12.0. The molecular formula is C19H19Cl2FN2O. The number of rotatable bonds is 4. The summed E-state index contributed by atoms with van der Waals surface area (Å²) in [6.07, 6.45) is 1.77. The fourth-order valence-electron chi connectivity index (χ4n) is 3.10. The molecule has 1 fully saturated rings. The topological polar surface area (TPSA) is 32.3 Å². The van der Waals surface area contributed by atoms with Gasteiger partial charge in [0.25, 0.3) is 0 Å². The van der Waals surface area contributed by atoms with Crippen molar-refractivity contribution in [1.29, 1.82) is 0 Å². The van der Waals surface area contributed by atoms with E-state index in [4.69, 9.17) is 23.2 Å². The van der Waals surface area contributed by atoms with E-state index in [-0.39, 0.29) is 17.6 Å². The normalized spacial score (nSPS) is 18.1. The standard InChI is InChI=1S/C19H19Cl2FN2O/c20-17-4-1-5-18(21)16(17)12-24-10-2-3-13(11-24)19(25)23-15-8-6-14(22)7-9-15/h1,4-9,13H,2-3,10-12H2,(H,23,25)/t13-/m0/s1. The van der Waals surface area contributed by atoms with Crippen molar-refractivity contribution in [3.63, 3.8) is 0 Å². The number of nitrogens with one attached hydrogen (secondary N) is 1. The molecule has 0 spiro atoms. The smallest absolute Gasteiger partial charge is 0.228 e. The highest BCUT2D eigenvalue weighted by Gasteiger charge is 2.26. The third kappa shape index (κ3) is 4.72.